The summed E-state index contributed by atoms with van der Waals surface area (Å²) in [5.41, 5.74) is 2.89. The maximum absolute atomic E-state index is 10.1. The van der Waals surface area contributed by atoms with Gasteiger partial charge in [0.1, 0.15) is 0 Å². The summed E-state index contributed by atoms with van der Waals surface area (Å²) in [6.45, 7) is 9.62. The molecule has 0 spiro atoms. The van der Waals surface area contributed by atoms with Gasteiger partial charge in [0, 0.05) is 5.56 Å². The molecule has 0 aromatic heterocycles. The van der Waals surface area contributed by atoms with E-state index in [1.807, 2.05) is 6.08 Å². The van der Waals surface area contributed by atoms with Crippen molar-refractivity contribution in [3.8, 4) is 11.5 Å². The van der Waals surface area contributed by atoms with Crippen LogP contribution in [-0.4, -0.2) is 10.2 Å². The number of hydrogen-bond acceptors (Lipinski definition) is 2. The van der Waals surface area contributed by atoms with Gasteiger partial charge >= 0.3 is 0 Å². The molecule has 1 aromatic carbocycles. The Morgan fingerprint density at radius 3 is 2.56 bits per heavy atom. The summed E-state index contributed by atoms with van der Waals surface area (Å²) >= 11 is 2.20. The SMILES string of the molecule is C=CCc1c(CCC)cc(O)c(O)c1[C@@H](I)C=C. The maximum atomic E-state index is 10.1. The van der Waals surface area contributed by atoms with Gasteiger partial charge in [-0.05, 0) is 30.0 Å². The van der Waals surface area contributed by atoms with Crippen LogP contribution in [0.25, 0.3) is 0 Å². The minimum atomic E-state index is -0.0511. The van der Waals surface area contributed by atoms with E-state index in [1.54, 1.807) is 12.1 Å². The average Bonchev–Trinajstić information content (AvgIpc) is 2.35. The molecule has 0 aliphatic carbocycles. The highest BCUT2D eigenvalue weighted by molar-refractivity contribution is 14.1. The van der Waals surface area contributed by atoms with Gasteiger partial charge in [0.05, 0.1) is 3.92 Å². The van der Waals surface area contributed by atoms with Crippen LogP contribution >= 0.6 is 22.6 Å². The summed E-state index contributed by atoms with van der Waals surface area (Å²) in [6.07, 6.45) is 6.14. The predicted molar refractivity (Wildman–Crippen MR) is 84.6 cm³/mol. The fraction of sp³-hybridized carbons (Fsp3) is 0.333. The fourth-order valence-corrected chi connectivity index (χ4v) is 2.74. The van der Waals surface area contributed by atoms with E-state index in [2.05, 4.69) is 42.7 Å². The molecule has 2 N–H and O–H groups in total. The van der Waals surface area contributed by atoms with E-state index in [0.29, 0.717) is 6.42 Å². The Kier molecular flexibility index (Phi) is 5.72. The molecule has 0 saturated carbocycles. The first-order valence-electron chi connectivity index (χ1n) is 6.00. The molecule has 0 amide bonds. The molecular weight excluding hydrogens is 339 g/mol. The molecule has 0 bridgehead atoms. The number of alkyl halides is 1. The normalized spacial score (nSPS) is 12.1. The van der Waals surface area contributed by atoms with E-state index < -0.39 is 0 Å². The van der Waals surface area contributed by atoms with Gasteiger partial charge in [-0.3, -0.25) is 0 Å². The number of rotatable bonds is 6. The molecule has 2 nitrogen and oxygen atoms in total. The smallest absolute Gasteiger partial charge is 0.162 e. The Hall–Kier alpha value is -0.970. The zero-order valence-electron chi connectivity index (χ0n) is 10.6. The Labute approximate surface area is 122 Å². The summed E-state index contributed by atoms with van der Waals surface area (Å²) in [5, 5.41) is 19.9. The Morgan fingerprint density at radius 2 is 2.06 bits per heavy atom. The first-order valence-corrected chi connectivity index (χ1v) is 7.25. The summed E-state index contributed by atoms with van der Waals surface area (Å²) in [5.74, 6) is -0.0872. The van der Waals surface area contributed by atoms with Gasteiger partial charge in [-0.2, -0.15) is 0 Å². The molecule has 0 aliphatic heterocycles. The highest BCUT2D eigenvalue weighted by Gasteiger charge is 2.20. The molecule has 1 atom stereocenters. The van der Waals surface area contributed by atoms with Gasteiger partial charge < -0.3 is 10.2 Å². The van der Waals surface area contributed by atoms with E-state index in [-0.39, 0.29) is 15.4 Å². The van der Waals surface area contributed by atoms with E-state index in [0.717, 1.165) is 29.5 Å². The zero-order chi connectivity index (χ0) is 13.7. The molecule has 98 valence electrons. The van der Waals surface area contributed by atoms with Gasteiger partial charge in [0.25, 0.3) is 0 Å². The van der Waals surface area contributed by atoms with Crippen molar-refractivity contribution in [3.63, 3.8) is 0 Å². The first-order chi connectivity index (χ1) is 8.56. The molecule has 0 fully saturated rings. The van der Waals surface area contributed by atoms with E-state index >= 15 is 0 Å². The van der Waals surface area contributed by atoms with Crippen LogP contribution in [0.2, 0.25) is 0 Å². The van der Waals surface area contributed by atoms with Crippen LogP contribution in [0.5, 0.6) is 11.5 Å². The molecular formula is C15H19IO2. The van der Waals surface area contributed by atoms with Crippen LogP contribution < -0.4 is 0 Å². The van der Waals surface area contributed by atoms with E-state index in [4.69, 9.17) is 0 Å². The van der Waals surface area contributed by atoms with Crippen LogP contribution in [0.4, 0.5) is 0 Å². The van der Waals surface area contributed by atoms with Crippen LogP contribution in [0.15, 0.2) is 31.4 Å². The lowest BCUT2D eigenvalue weighted by Gasteiger charge is -2.18. The largest absolute Gasteiger partial charge is 0.504 e. The first kappa shape index (κ1) is 15.1. The molecule has 0 saturated heterocycles. The van der Waals surface area contributed by atoms with Gasteiger partial charge in [0.2, 0.25) is 0 Å². The molecule has 1 rings (SSSR count). The van der Waals surface area contributed by atoms with Crippen LogP contribution in [0.1, 0.15) is 34.0 Å². The molecule has 18 heavy (non-hydrogen) atoms. The van der Waals surface area contributed by atoms with Crippen molar-refractivity contribution >= 4 is 22.6 Å². The Balaban J connectivity index is 3.50. The van der Waals surface area contributed by atoms with Crippen molar-refractivity contribution in [2.75, 3.05) is 0 Å². The Bertz CT molecular complexity index is 452. The van der Waals surface area contributed by atoms with Crippen molar-refractivity contribution in [2.24, 2.45) is 0 Å². The van der Waals surface area contributed by atoms with Crippen LogP contribution in [-0.2, 0) is 12.8 Å². The molecule has 0 aliphatic rings. The molecule has 3 heteroatoms. The molecule has 1 aromatic rings. The third kappa shape index (κ3) is 3.07. The van der Waals surface area contributed by atoms with Crippen molar-refractivity contribution in [1.82, 2.24) is 0 Å². The van der Waals surface area contributed by atoms with Gasteiger partial charge in [-0.1, -0.05) is 48.1 Å². The number of hydrogen-bond donors (Lipinski definition) is 2. The highest BCUT2D eigenvalue weighted by atomic mass is 127. The second kappa shape index (κ2) is 6.83. The van der Waals surface area contributed by atoms with Crippen molar-refractivity contribution in [2.45, 2.75) is 30.1 Å². The standard InChI is InChI=1S/C15H19IO2/c1-4-7-10-9-13(17)15(18)14(12(16)6-3)11(10)8-5-2/h5-6,9,12,17-18H,2-4,7-8H2,1H3/t12-/m0/s1. The second-order valence-corrected chi connectivity index (χ2v) is 5.52. The fourth-order valence-electron chi connectivity index (χ4n) is 2.07. The lowest BCUT2D eigenvalue weighted by Crippen LogP contribution is -2.01. The van der Waals surface area contributed by atoms with Gasteiger partial charge in [0.15, 0.2) is 11.5 Å². The third-order valence-corrected chi connectivity index (χ3v) is 4.00. The number of halogens is 1. The minimum Gasteiger partial charge on any atom is -0.504 e. The number of benzene rings is 1. The second-order valence-electron chi connectivity index (χ2n) is 4.18. The van der Waals surface area contributed by atoms with E-state index in [9.17, 15) is 10.2 Å². The van der Waals surface area contributed by atoms with Crippen LogP contribution in [0.3, 0.4) is 0 Å². The lowest BCUT2D eigenvalue weighted by atomic mass is 9.92. The minimum absolute atomic E-state index is 0.0275. The highest BCUT2D eigenvalue weighted by Crippen LogP contribution is 2.42. The summed E-state index contributed by atoms with van der Waals surface area (Å²) in [7, 11) is 0. The average molecular weight is 358 g/mol. The number of phenols is 2. The van der Waals surface area contributed by atoms with Gasteiger partial charge in [-0.25, -0.2) is 0 Å². The third-order valence-electron chi connectivity index (χ3n) is 2.87. The molecule has 0 unspecified atom stereocenters. The molecule has 0 radical (unpaired) electrons. The van der Waals surface area contributed by atoms with Crippen molar-refractivity contribution in [1.29, 1.82) is 0 Å². The number of aryl methyl sites for hydroxylation is 1. The lowest BCUT2D eigenvalue weighted by molar-refractivity contribution is 0.399. The monoisotopic (exact) mass is 358 g/mol. The number of aromatic hydroxyl groups is 2. The number of phenolic OH excluding ortho intramolecular Hbond substituents is 2. The maximum Gasteiger partial charge on any atom is 0.162 e. The summed E-state index contributed by atoms with van der Waals surface area (Å²) in [4.78, 5) is 0. The van der Waals surface area contributed by atoms with Crippen molar-refractivity contribution < 1.29 is 10.2 Å². The predicted octanol–water partition coefficient (Wildman–Crippen LogP) is 4.44. The van der Waals surface area contributed by atoms with E-state index in [1.165, 1.54) is 0 Å². The Morgan fingerprint density at radius 1 is 1.39 bits per heavy atom. The number of allylic oxidation sites excluding steroid dienone is 2. The topological polar surface area (TPSA) is 40.5 Å². The van der Waals surface area contributed by atoms with Crippen LogP contribution in [0, 0.1) is 0 Å². The summed E-state index contributed by atoms with van der Waals surface area (Å²) in [6, 6.07) is 1.66. The quantitative estimate of drug-likeness (QED) is 0.342. The van der Waals surface area contributed by atoms with Crippen molar-refractivity contribution in [3.05, 3.63) is 48.1 Å². The zero-order valence-corrected chi connectivity index (χ0v) is 12.8. The summed E-state index contributed by atoms with van der Waals surface area (Å²) < 4.78 is -0.0275. The van der Waals surface area contributed by atoms with Gasteiger partial charge in [-0.15, -0.1) is 13.2 Å². The molecule has 0 heterocycles.